The first-order valence-electron chi connectivity index (χ1n) is 12.2. The van der Waals surface area contributed by atoms with Crippen molar-refractivity contribution in [3.63, 3.8) is 0 Å². The van der Waals surface area contributed by atoms with Gasteiger partial charge in [0, 0.05) is 19.9 Å². The van der Waals surface area contributed by atoms with Gasteiger partial charge in [0.1, 0.15) is 18.1 Å². The van der Waals surface area contributed by atoms with Crippen molar-refractivity contribution in [1.29, 1.82) is 0 Å². The number of hydrogen-bond donors (Lipinski definition) is 0. The predicted molar refractivity (Wildman–Crippen MR) is 141 cm³/mol. The fourth-order valence-electron chi connectivity index (χ4n) is 4.15. The third-order valence-corrected chi connectivity index (χ3v) is 5.83. The Hall–Kier alpha value is -3.53. The van der Waals surface area contributed by atoms with E-state index >= 15 is 0 Å². The molecule has 4 aromatic rings. The van der Waals surface area contributed by atoms with Crippen LogP contribution in [0.15, 0.2) is 74.8 Å². The van der Waals surface area contributed by atoms with Gasteiger partial charge in [0.15, 0.2) is 5.69 Å². The molecule has 0 saturated heterocycles. The van der Waals surface area contributed by atoms with Crippen molar-refractivity contribution in [2.45, 2.75) is 40.3 Å². The van der Waals surface area contributed by atoms with Crippen LogP contribution in [0.3, 0.4) is 0 Å². The summed E-state index contributed by atoms with van der Waals surface area (Å²) in [6.45, 7) is 6.83. The Morgan fingerprint density at radius 3 is 2.26 bits per heavy atom. The van der Waals surface area contributed by atoms with Crippen LogP contribution in [-0.2, 0) is 22.7 Å². The molecular formula is C29H29N2NaO7. The van der Waals surface area contributed by atoms with E-state index in [9.17, 15) is 14.4 Å². The maximum atomic E-state index is 11.6. The zero-order valence-electron chi connectivity index (χ0n) is 22.6. The Kier molecular flexibility index (Phi) is 10.8. The monoisotopic (exact) mass is 540 g/mol. The molecule has 0 radical (unpaired) electrons. The molecule has 0 spiro atoms. The molecule has 4 rings (SSSR count). The van der Waals surface area contributed by atoms with Gasteiger partial charge in [0.05, 0.1) is 13.2 Å². The number of esters is 1. The normalized spacial score (nSPS) is 10.5. The average molecular weight is 541 g/mol. The standard InChI is InChI=1S/C29H30N2O7.Na/c1-19-14-26(36-13-5-12-35-21(3)32)15-20(2)27(19)24-7-4-6-23(16-24)18-37-25-10-8-22(9-11-25)17-31-28(33)30-29(34)38-31;/h4,6-11,14-16H,5,12-13,17-18H2,1-3H3,(H,30,33,34);/q;+1/p-1. The zero-order chi connectivity index (χ0) is 27.1. The minimum Gasteiger partial charge on any atom is -0.493 e. The summed E-state index contributed by atoms with van der Waals surface area (Å²) in [6, 6.07) is 19.5. The molecule has 0 unspecified atom stereocenters. The van der Waals surface area contributed by atoms with E-state index in [1.165, 1.54) is 6.92 Å². The summed E-state index contributed by atoms with van der Waals surface area (Å²) in [5.74, 6) is 0.275. The Bertz CT molecular complexity index is 1500. The molecule has 0 amide bonds. The number of carbonyl (C=O) groups excluding carboxylic acids is 1. The predicted octanol–water partition coefficient (Wildman–Crippen LogP) is 1.01. The molecule has 0 aliphatic rings. The fourth-order valence-corrected chi connectivity index (χ4v) is 4.15. The van der Waals surface area contributed by atoms with Crippen LogP contribution < -0.4 is 55.5 Å². The van der Waals surface area contributed by atoms with Crippen molar-refractivity contribution < 1.29 is 53.1 Å². The molecule has 198 valence electrons. The second-order valence-electron chi connectivity index (χ2n) is 8.90. The van der Waals surface area contributed by atoms with E-state index in [4.69, 9.17) is 18.7 Å². The number of aryl methyl sites for hydroxylation is 2. The number of ether oxygens (including phenoxy) is 3. The van der Waals surface area contributed by atoms with Gasteiger partial charge in [-0.25, -0.2) is 4.79 Å². The molecule has 0 bridgehead atoms. The second kappa shape index (κ2) is 14.0. The van der Waals surface area contributed by atoms with Crippen LogP contribution in [0.4, 0.5) is 0 Å². The second-order valence-corrected chi connectivity index (χ2v) is 8.90. The van der Waals surface area contributed by atoms with Gasteiger partial charge < -0.3 is 23.7 Å². The fraction of sp³-hybridized carbons (Fsp3) is 0.276. The van der Waals surface area contributed by atoms with E-state index in [0.717, 1.165) is 43.9 Å². The summed E-state index contributed by atoms with van der Waals surface area (Å²) < 4.78 is 22.4. The van der Waals surface area contributed by atoms with Gasteiger partial charge in [-0.1, -0.05) is 30.3 Å². The third kappa shape index (κ3) is 8.48. The van der Waals surface area contributed by atoms with Crippen molar-refractivity contribution in [3.05, 3.63) is 104 Å². The topological polar surface area (TPSA) is 111 Å². The van der Waals surface area contributed by atoms with Crippen molar-refractivity contribution >= 4 is 5.97 Å². The summed E-state index contributed by atoms with van der Waals surface area (Å²) >= 11 is 0. The summed E-state index contributed by atoms with van der Waals surface area (Å²) in [7, 11) is 0. The SMILES string of the molecule is CC(=O)OCCCOc1cc(C)c(-c2cccc(COc3ccc(Cn4oc(=O)[n-]c4=O)cc3)c2)c(C)c1.[Na+]. The van der Waals surface area contributed by atoms with Crippen LogP contribution >= 0.6 is 0 Å². The Balaban J connectivity index is 0.00000420. The first-order chi connectivity index (χ1) is 18.3. The molecule has 1 heterocycles. The van der Waals surface area contributed by atoms with Gasteiger partial charge in [0.25, 0.3) is 0 Å². The Morgan fingerprint density at radius 2 is 1.62 bits per heavy atom. The van der Waals surface area contributed by atoms with Crippen LogP contribution in [-0.4, -0.2) is 23.9 Å². The van der Waals surface area contributed by atoms with E-state index in [1.807, 2.05) is 24.3 Å². The van der Waals surface area contributed by atoms with Crippen molar-refractivity contribution in [2.75, 3.05) is 13.2 Å². The minimum atomic E-state index is -0.903. The third-order valence-electron chi connectivity index (χ3n) is 5.83. The summed E-state index contributed by atoms with van der Waals surface area (Å²) in [5.41, 5.74) is 5.53. The molecule has 3 aromatic carbocycles. The molecule has 0 aliphatic carbocycles. The van der Waals surface area contributed by atoms with E-state index < -0.39 is 11.4 Å². The van der Waals surface area contributed by atoms with Crippen LogP contribution in [0, 0.1) is 13.8 Å². The zero-order valence-corrected chi connectivity index (χ0v) is 24.6. The van der Waals surface area contributed by atoms with Crippen LogP contribution in [0.25, 0.3) is 11.1 Å². The molecule has 10 heteroatoms. The molecule has 0 N–H and O–H groups in total. The summed E-state index contributed by atoms with van der Waals surface area (Å²) in [6.07, 6.45) is 0.633. The largest absolute Gasteiger partial charge is 1.00 e. The molecule has 0 atom stereocenters. The van der Waals surface area contributed by atoms with Crippen LogP contribution in [0.2, 0.25) is 0 Å². The van der Waals surface area contributed by atoms with E-state index in [-0.39, 0.29) is 42.1 Å². The van der Waals surface area contributed by atoms with Crippen molar-refractivity contribution in [3.8, 4) is 22.6 Å². The number of nitrogens with zero attached hydrogens (tertiary/aromatic N) is 2. The summed E-state index contributed by atoms with van der Waals surface area (Å²) in [5, 5.41) is 0. The van der Waals surface area contributed by atoms with Crippen LogP contribution in [0.1, 0.15) is 35.6 Å². The average Bonchev–Trinajstić information content (AvgIpc) is 3.19. The Labute approximate surface area is 248 Å². The number of hydrogen-bond acceptors (Lipinski definition) is 7. The molecule has 0 saturated carbocycles. The molecule has 0 aliphatic heterocycles. The number of carbonyl (C=O) groups is 1. The number of rotatable bonds is 11. The maximum Gasteiger partial charge on any atom is 1.00 e. The van der Waals surface area contributed by atoms with Gasteiger partial charge in [-0.3, -0.25) is 14.3 Å². The van der Waals surface area contributed by atoms with E-state index in [2.05, 4.69) is 31.0 Å². The molecule has 0 fully saturated rings. The van der Waals surface area contributed by atoms with Gasteiger partial charge in [0.2, 0.25) is 0 Å². The van der Waals surface area contributed by atoms with Crippen LogP contribution in [0.5, 0.6) is 11.5 Å². The molecular weight excluding hydrogens is 511 g/mol. The van der Waals surface area contributed by atoms with E-state index in [1.54, 1.807) is 24.3 Å². The number of aromatic nitrogens is 2. The molecule has 9 nitrogen and oxygen atoms in total. The Morgan fingerprint density at radius 1 is 0.897 bits per heavy atom. The van der Waals surface area contributed by atoms with Gasteiger partial charge >= 0.3 is 41.3 Å². The first-order valence-corrected chi connectivity index (χ1v) is 12.2. The smallest absolute Gasteiger partial charge is 0.493 e. The van der Waals surface area contributed by atoms with Crippen molar-refractivity contribution in [1.82, 2.24) is 9.72 Å². The minimum absolute atomic E-state index is 0. The van der Waals surface area contributed by atoms with Gasteiger partial charge in [-0.15, -0.1) is 0 Å². The van der Waals surface area contributed by atoms with Crippen molar-refractivity contribution in [2.24, 2.45) is 0 Å². The first kappa shape index (κ1) is 30.0. The quantitative estimate of drug-likeness (QED) is 0.158. The number of benzene rings is 3. The maximum absolute atomic E-state index is 11.6. The summed E-state index contributed by atoms with van der Waals surface area (Å²) in [4.78, 5) is 36.7. The molecule has 1 aromatic heterocycles. The molecule has 39 heavy (non-hydrogen) atoms. The van der Waals surface area contributed by atoms with E-state index in [0.29, 0.717) is 32.0 Å². The van der Waals surface area contributed by atoms with Gasteiger partial charge in [-0.2, -0.15) is 0 Å². The van der Waals surface area contributed by atoms with Gasteiger partial charge in [-0.05, 0) is 77.6 Å².